The molecule has 1 heterocycles. The number of piperidine rings is 1. The number of nitrogens with zero attached hydrogens (tertiary/aromatic N) is 2. The van der Waals surface area contributed by atoms with E-state index in [4.69, 9.17) is 5.26 Å². The number of hydrogen-bond acceptors (Lipinski definition) is 2. The summed E-state index contributed by atoms with van der Waals surface area (Å²) < 4.78 is 0. The van der Waals surface area contributed by atoms with E-state index < -0.39 is 0 Å². The minimum atomic E-state index is -0.0718. The summed E-state index contributed by atoms with van der Waals surface area (Å²) in [4.78, 5) is 13.7. The number of carbonyl (C=O) groups is 1. The largest absolute Gasteiger partial charge is 0.338 e. The van der Waals surface area contributed by atoms with Crippen LogP contribution in [-0.2, 0) is 4.79 Å². The standard InChI is InChI=1S/C12H15N2O/c13-9-11(8-10-4-5-10)12(15)14-6-2-1-3-7-14/h1,8,10H,2-7H2. The Bertz CT molecular complexity index is 317. The SMILES string of the molecule is N#CC(=CC1CC1)C(=O)N1CC[CH]CC1. The summed E-state index contributed by atoms with van der Waals surface area (Å²) in [6, 6.07) is 2.03. The van der Waals surface area contributed by atoms with Gasteiger partial charge in [-0.05, 0) is 38.0 Å². The molecule has 1 saturated carbocycles. The molecule has 0 aromatic heterocycles. The van der Waals surface area contributed by atoms with E-state index in [2.05, 4.69) is 6.42 Å². The van der Waals surface area contributed by atoms with E-state index in [-0.39, 0.29) is 5.91 Å². The highest BCUT2D eigenvalue weighted by molar-refractivity contribution is 5.97. The molecule has 0 spiro atoms. The molecule has 0 aromatic rings. The molecule has 2 aliphatic rings. The van der Waals surface area contributed by atoms with Crippen molar-refractivity contribution in [2.75, 3.05) is 13.1 Å². The number of rotatable bonds is 2. The van der Waals surface area contributed by atoms with Crippen LogP contribution in [-0.4, -0.2) is 23.9 Å². The predicted molar refractivity (Wildman–Crippen MR) is 56.5 cm³/mol. The Hall–Kier alpha value is -1.30. The summed E-state index contributed by atoms with van der Waals surface area (Å²) in [6.07, 6.45) is 8.21. The summed E-state index contributed by atoms with van der Waals surface area (Å²) in [7, 11) is 0. The van der Waals surface area contributed by atoms with Crippen LogP contribution in [0.15, 0.2) is 11.6 Å². The number of allylic oxidation sites excluding steroid dienone is 1. The molecule has 0 N–H and O–H groups in total. The molecule has 3 heteroatoms. The van der Waals surface area contributed by atoms with Crippen molar-refractivity contribution in [3.63, 3.8) is 0 Å². The van der Waals surface area contributed by atoms with Crippen molar-refractivity contribution in [1.29, 1.82) is 5.26 Å². The van der Waals surface area contributed by atoms with Gasteiger partial charge in [-0.25, -0.2) is 0 Å². The first-order valence-electron chi connectivity index (χ1n) is 5.54. The minimum absolute atomic E-state index is 0.0718. The van der Waals surface area contributed by atoms with Gasteiger partial charge in [0.25, 0.3) is 5.91 Å². The fourth-order valence-electron chi connectivity index (χ4n) is 1.78. The fourth-order valence-corrected chi connectivity index (χ4v) is 1.78. The van der Waals surface area contributed by atoms with Crippen molar-refractivity contribution in [3.8, 4) is 6.07 Å². The van der Waals surface area contributed by atoms with Gasteiger partial charge in [-0.2, -0.15) is 5.26 Å². The second-order valence-electron chi connectivity index (χ2n) is 4.19. The fraction of sp³-hybridized carbons (Fsp3) is 0.583. The van der Waals surface area contributed by atoms with E-state index in [0.29, 0.717) is 11.5 Å². The summed E-state index contributed by atoms with van der Waals surface area (Å²) in [5.41, 5.74) is 0.347. The van der Waals surface area contributed by atoms with Gasteiger partial charge in [0.1, 0.15) is 11.6 Å². The van der Waals surface area contributed by atoms with Crippen LogP contribution in [0.25, 0.3) is 0 Å². The van der Waals surface area contributed by atoms with Gasteiger partial charge in [0.05, 0.1) is 0 Å². The molecule has 0 aromatic carbocycles. The van der Waals surface area contributed by atoms with Crippen LogP contribution >= 0.6 is 0 Å². The summed E-state index contributed by atoms with van der Waals surface area (Å²) in [5.74, 6) is 0.414. The van der Waals surface area contributed by atoms with Crippen molar-refractivity contribution in [2.24, 2.45) is 5.92 Å². The summed E-state index contributed by atoms with van der Waals surface area (Å²) in [5, 5.41) is 8.93. The van der Waals surface area contributed by atoms with Crippen LogP contribution < -0.4 is 0 Å². The van der Waals surface area contributed by atoms with Crippen LogP contribution in [0, 0.1) is 23.7 Å². The number of hydrogen-bond donors (Lipinski definition) is 0. The second-order valence-corrected chi connectivity index (χ2v) is 4.19. The maximum absolute atomic E-state index is 11.9. The summed E-state index contributed by atoms with van der Waals surface area (Å²) in [6.45, 7) is 1.53. The lowest BCUT2D eigenvalue weighted by molar-refractivity contribution is -0.127. The first kappa shape index (κ1) is 10.2. The van der Waals surface area contributed by atoms with Crippen LogP contribution in [0.1, 0.15) is 25.7 Å². The van der Waals surface area contributed by atoms with E-state index >= 15 is 0 Å². The van der Waals surface area contributed by atoms with Gasteiger partial charge in [0.15, 0.2) is 0 Å². The normalized spacial score (nSPS) is 22.3. The number of likely N-dealkylation sites (tertiary alicyclic amines) is 1. The second kappa shape index (κ2) is 4.48. The molecule has 3 nitrogen and oxygen atoms in total. The van der Waals surface area contributed by atoms with Crippen LogP contribution in [0.3, 0.4) is 0 Å². The molecule has 1 aliphatic heterocycles. The molecule has 1 radical (unpaired) electrons. The molecule has 15 heavy (non-hydrogen) atoms. The van der Waals surface area contributed by atoms with Gasteiger partial charge < -0.3 is 4.90 Å². The first-order chi connectivity index (χ1) is 7.31. The summed E-state index contributed by atoms with van der Waals surface area (Å²) >= 11 is 0. The Labute approximate surface area is 90.4 Å². The molecule has 2 fully saturated rings. The zero-order valence-corrected chi connectivity index (χ0v) is 8.78. The van der Waals surface area contributed by atoms with Gasteiger partial charge in [-0.3, -0.25) is 4.79 Å². The van der Waals surface area contributed by atoms with Gasteiger partial charge >= 0.3 is 0 Å². The van der Waals surface area contributed by atoms with Gasteiger partial charge in [-0.1, -0.05) is 6.08 Å². The maximum atomic E-state index is 11.9. The van der Waals surface area contributed by atoms with E-state index in [1.807, 2.05) is 12.1 Å². The van der Waals surface area contributed by atoms with Crippen LogP contribution in [0.4, 0.5) is 0 Å². The molecular formula is C12H15N2O. The molecule has 1 aliphatic carbocycles. The third-order valence-electron chi connectivity index (χ3n) is 2.87. The lowest BCUT2D eigenvalue weighted by atomic mass is 10.1. The van der Waals surface area contributed by atoms with Gasteiger partial charge in [-0.15, -0.1) is 0 Å². The average molecular weight is 203 g/mol. The van der Waals surface area contributed by atoms with Crippen molar-refractivity contribution >= 4 is 5.91 Å². The van der Waals surface area contributed by atoms with E-state index in [1.54, 1.807) is 4.90 Å². The Balaban J connectivity index is 2.00. The average Bonchev–Trinajstić information content (AvgIpc) is 3.10. The topological polar surface area (TPSA) is 44.1 Å². The Morgan fingerprint density at radius 2 is 2.07 bits per heavy atom. The molecular weight excluding hydrogens is 188 g/mol. The molecule has 0 unspecified atom stereocenters. The third-order valence-corrected chi connectivity index (χ3v) is 2.87. The number of nitriles is 1. The predicted octanol–water partition coefficient (Wildman–Crippen LogP) is 1.67. The quantitative estimate of drug-likeness (QED) is 0.506. The first-order valence-corrected chi connectivity index (χ1v) is 5.54. The number of amides is 1. The Morgan fingerprint density at radius 3 is 2.60 bits per heavy atom. The van der Waals surface area contributed by atoms with Crippen LogP contribution in [0.5, 0.6) is 0 Å². The van der Waals surface area contributed by atoms with Gasteiger partial charge in [0.2, 0.25) is 0 Å². The minimum Gasteiger partial charge on any atom is -0.338 e. The zero-order chi connectivity index (χ0) is 10.7. The zero-order valence-electron chi connectivity index (χ0n) is 8.78. The number of carbonyl (C=O) groups excluding carboxylic acids is 1. The highest BCUT2D eigenvalue weighted by Crippen LogP contribution is 2.31. The maximum Gasteiger partial charge on any atom is 0.264 e. The van der Waals surface area contributed by atoms with Crippen molar-refractivity contribution in [2.45, 2.75) is 25.7 Å². The van der Waals surface area contributed by atoms with E-state index in [0.717, 1.165) is 38.8 Å². The van der Waals surface area contributed by atoms with E-state index in [9.17, 15) is 4.79 Å². The molecule has 0 bridgehead atoms. The lowest BCUT2D eigenvalue weighted by Crippen LogP contribution is -2.36. The van der Waals surface area contributed by atoms with E-state index in [1.165, 1.54) is 0 Å². The van der Waals surface area contributed by atoms with Crippen molar-refractivity contribution in [3.05, 3.63) is 18.1 Å². The smallest absolute Gasteiger partial charge is 0.264 e. The molecule has 0 atom stereocenters. The highest BCUT2D eigenvalue weighted by atomic mass is 16.2. The molecule has 2 rings (SSSR count). The third kappa shape index (κ3) is 2.59. The van der Waals surface area contributed by atoms with Crippen LogP contribution in [0.2, 0.25) is 0 Å². The van der Waals surface area contributed by atoms with Gasteiger partial charge in [0, 0.05) is 13.1 Å². The lowest BCUT2D eigenvalue weighted by Gasteiger charge is -2.26. The Kier molecular flexibility index (Phi) is 3.05. The van der Waals surface area contributed by atoms with Crippen molar-refractivity contribution in [1.82, 2.24) is 4.90 Å². The monoisotopic (exact) mass is 203 g/mol. The molecule has 1 amide bonds. The molecule has 1 saturated heterocycles. The highest BCUT2D eigenvalue weighted by Gasteiger charge is 2.24. The molecule has 79 valence electrons. The Morgan fingerprint density at radius 1 is 1.40 bits per heavy atom. The van der Waals surface area contributed by atoms with Crippen molar-refractivity contribution < 1.29 is 4.79 Å².